The number of amides is 2. The van der Waals surface area contributed by atoms with Gasteiger partial charge in [-0.1, -0.05) is 36.4 Å². The van der Waals surface area contributed by atoms with Gasteiger partial charge in [0.15, 0.2) is 0 Å². The van der Waals surface area contributed by atoms with Crippen molar-refractivity contribution in [3.05, 3.63) is 71.1 Å². The number of anilines is 1. The molecule has 0 unspecified atom stereocenters. The fourth-order valence-electron chi connectivity index (χ4n) is 2.83. The molecule has 2 N–H and O–H groups in total. The predicted octanol–water partition coefficient (Wildman–Crippen LogP) is 4.63. The standard InChI is InChI=1S/C21H23N3O2/c1-14-8-7-9-15(2)19(14)24-21(25)22-13-12-18-16(3)26-20(23-18)17-10-5-4-6-11-17/h4-11H,12-13H2,1-3H3,(H2,22,24,25). The van der Waals surface area contributed by atoms with Crippen molar-refractivity contribution in [2.75, 3.05) is 11.9 Å². The van der Waals surface area contributed by atoms with Gasteiger partial charge in [-0.3, -0.25) is 0 Å². The van der Waals surface area contributed by atoms with E-state index in [0.717, 1.165) is 33.8 Å². The molecule has 0 spiro atoms. The first-order valence-electron chi connectivity index (χ1n) is 8.67. The highest BCUT2D eigenvalue weighted by Crippen LogP contribution is 2.21. The first-order valence-corrected chi connectivity index (χ1v) is 8.67. The number of benzene rings is 2. The monoisotopic (exact) mass is 349 g/mol. The average Bonchev–Trinajstić information content (AvgIpc) is 3.00. The lowest BCUT2D eigenvalue weighted by atomic mass is 10.1. The van der Waals surface area contributed by atoms with Crippen LogP contribution in [0.2, 0.25) is 0 Å². The van der Waals surface area contributed by atoms with Crippen molar-refractivity contribution in [2.45, 2.75) is 27.2 Å². The summed E-state index contributed by atoms with van der Waals surface area (Å²) in [4.78, 5) is 16.7. The Bertz CT molecular complexity index is 881. The molecular formula is C21H23N3O2. The second-order valence-corrected chi connectivity index (χ2v) is 6.29. The van der Waals surface area contributed by atoms with E-state index >= 15 is 0 Å². The molecule has 0 aliphatic rings. The highest BCUT2D eigenvalue weighted by molar-refractivity contribution is 5.90. The summed E-state index contributed by atoms with van der Waals surface area (Å²) in [6.07, 6.45) is 0.613. The van der Waals surface area contributed by atoms with Crippen LogP contribution in [-0.4, -0.2) is 17.6 Å². The van der Waals surface area contributed by atoms with Crippen LogP contribution >= 0.6 is 0 Å². The number of urea groups is 1. The van der Waals surface area contributed by atoms with Gasteiger partial charge in [-0.25, -0.2) is 9.78 Å². The number of nitrogens with one attached hydrogen (secondary N) is 2. The van der Waals surface area contributed by atoms with E-state index in [1.165, 1.54) is 0 Å². The third-order valence-corrected chi connectivity index (χ3v) is 4.28. The number of aryl methyl sites for hydroxylation is 3. The van der Waals surface area contributed by atoms with Gasteiger partial charge in [0, 0.05) is 24.2 Å². The molecule has 2 aromatic carbocycles. The predicted molar refractivity (Wildman–Crippen MR) is 103 cm³/mol. The van der Waals surface area contributed by atoms with E-state index in [2.05, 4.69) is 15.6 Å². The number of aromatic nitrogens is 1. The summed E-state index contributed by atoms with van der Waals surface area (Å²) in [5.41, 5.74) is 4.74. The lowest BCUT2D eigenvalue weighted by molar-refractivity contribution is 0.252. The van der Waals surface area contributed by atoms with Crippen LogP contribution in [0.15, 0.2) is 52.9 Å². The highest BCUT2D eigenvalue weighted by Gasteiger charge is 2.12. The van der Waals surface area contributed by atoms with E-state index in [-0.39, 0.29) is 6.03 Å². The van der Waals surface area contributed by atoms with Crippen LogP contribution in [0.3, 0.4) is 0 Å². The summed E-state index contributed by atoms with van der Waals surface area (Å²) in [6.45, 7) is 6.34. The number of nitrogens with zero attached hydrogens (tertiary/aromatic N) is 1. The van der Waals surface area contributed by atoms with Crippen LogP contribution in [0.4, 0.5) is 10.5 Å². The quantitative estimate of drug-likeness (QED) is 0.705. The summed E-state index contributed by atoms with van der Waals surface area (Å²) in [7, 11) is 0. The van der Waals surface area contributed by atoms with Gasteiger partial charge in [-0.2, -0.15) is 0 Å². The maximum absolute atomic E-state index is 12.2. The normalized spacial score (nSPS) is 10.6. The van der Waals surface area contributed by atoms with Crippen molar-refractivity contribution >= 4 is 11.7 Å². The Morgan fingerprint density at radius 3 is 2.38 bits per heavy atom. The van der Waals surface area contributed by atoms with Gasteiger partial charge < -0.3 is 15.1 Å². The second kappa shape index (κ2) is 7.87. The minimum atomic E-state index is -0.216. The van der Waals surface area contributed by atoms with Crippen molar-refractivity contribution < 1.29 is 9.21 Å². The first kappa shape index (κ1) is 17.7. The molecule has 5 nitrogen and oxygen atoms in total. The van der Waals surface area contributed by atoms with Gasteiger partial charge in [0.2, 0.25) is 5.89 Å². The van der Waals surface area contributed by atoms with Crippen LogP contribution in [0.1, 0.15) is 22.6 Å². The van der Waals surface area contributed by atoms with Crippen molar-refractivity contribution in [1.29, 1.82) is 0 Å². The maximum atomic E-state index is 12.2. The third-order valence-electron chi connectivity index (χ3n) is 4.28. The van der Waals surface area contributed by atoms with Crippen molar-refractivity contribution in [3.8, 4) is 11.5 Å². The van der Waals surface area contributed by atoms with Crippen molar-refractivity contribution in [3.63, 3.8) is 0 Å². The van der Waals surface area contributed by atoms with Gasteiger partial charge >= 0.3 is 6.03 Å². The number of rotatable bonds is 5. The zero-order chi connectivity index (χ0) is 18.5. The molecule has 0 saturated heterocycles. The molecule has 0 saturated carbocycles. The smallest absolute Gasteiger partial charge is 0.319 e. The van der Waals surface area contributed by atoms with Crippen molar-refractivity contribution in [1.82, 2.24) is 10.3 Å². The van der Waals surface area contributed by atoms with Crippen LogP contribution in [0.5, 0.6) is 0 Å². The molecule has 26 heavy (non-hydrogen) atoms. The van der Waals surface area contributed by atoms with E-state index in [1.54, 1.807) is 0 Å². The Morgan fingerprint density at radius 2 is 1.69 bits per heavy atom. The molecule has 0 aliphatic heterocycles. The van der Waals surface area contributed by atoms with Crippen LogP contribution in [0, 0.1) is 20.8 Å². The largest absolute Gasteiger partial charge is 0.441 e. The fourth-order valence-corrected chi connectivity index (χ4v) is 2.83. The molecule has 3 rings (SSSR count). The van der Waals surface area contributed by atoms with Crippen LogP contribution < -0.4 is 10.6 Å². The number of carbonyl (C=O) groups excluding carboxylic acids is 1. The van der Waals surface area contributed by atoms with Gasteiger partial charge in [-0.15, -0.1) is 0 Å². The maximum Gasteiger partial charge on any atom is 0.319 e. The van der Waals surface area contributed by atoms with Gasteiger partial charge in [0.25, 0.3) is 0 Å². The summed E-state index contributed by atoms with van der Waals surface area (Å²) in [5, 5.41) is 5.80. The Hall–Kier alpha value is -3.08. The zero-order valence-electron chi connectivity index (χ0n) is 15.3. The van der Waals surface area contributed by atoms with E-state index in [0.29, 0.717) is 18.9 Å². The Balaban J connectivity index is 1.57. The first-order chi connectivity index (χ1) is 12.5. The summed E-state index contributed by atoms with van der Waals surface area (Å²) >= 11 is 0. The molecule has 0 aliphatic carbocycles. The van der Waals surface area contributed by atoms with Crippen LogP contribution in [0.25, 0.3) is 11.5 Å². The molecule has 5 heteroatoms. The Kier molecular flexibility index (Phi) is 5.37. The summed E-state index contributed by atoms with van der Waals surface area (Å²) < 4.78 is 5.75. The zero-order valence-corrected chi connectivity index (χ0v) is 15.3. The van der Waals surface area contributed by atoms with E-state index in [9.17, 15) is 4.79 Å². The number of carbonyl (C=O) groups is 1. The molecular weight excluding hydrogens is 326 g/mol. The average molecular weight is 349 g/mol. The summed E-state index contributed by atoms with van der Waals surface area (Å²) in [5.74, 6) is 1.39. The second-order valence-electron chi connectivity index (χ2n) is 6.29. The van der Waals surface area contributed by atoms with Gasteiger partial charge in [0.05, 0.1) is 5.69 Å². The van der Waals surface area contributed by atoms with Crippen molar-refractivity contribution in [2.24, 2.45) is 0 Å². The lowest BCUT2D eigenvalue weighted by Gasteiger charge is -2.12. The highest BCUT2D eigenvalue weighted by atomic mass is 16.4. The molecule has 0 fully saturated rings. The molecule has 0 bridgehead atoms. The van der Waals surface area contributed by atoms with Gasteiger partial charge in [0.1, 0.15) is 5.76 Å². The van der Waals surface area contributed by atoms with E-state index in [4.69, 9.17) is 4.42 Å². The Morgan fingerprint density at radius 1 is 1.00 bits per heavy atom. The van der Waals surface area contributed by atoms with E-state index in [1.807, 2.05) is 69.3 Å². The van der Waals surface area contributed by atoms with E-state index < -0.39 is 0 Å². The topological polar surface area (TPSA) is 67.2 Å². The molecule has 0 atom stereocenters. The number of oxazole rings is 1. The third kappa shape index (κ3) is 4.11. The summed E-state index contributed by atoms with van der Waals surface area (Å²) in [6, 6.07) is 15.5. The van der Waals surface area contributed by atoms with Gasteiger partial charge in [-0.05, 0) is 44.0 Å². The minimum Gasteiger partial charge on any atom is -0.441 e. The lowest BCUT2D eigenvalue weighted by Crippen LogP contribution is -2.31. The SMILES string of the molecule is Cc1cccc(C)c1NC(=O)NCCc1nc(-c2ccccc2)oc1C. The molecule has 1 heterocycles. The van der Waals surface area contributed by atoms with Crippen LogP contribution in [-0.2, 0) is 6.42 Å². The molecule has 2 amide bonds. The Labute approximate surface area is 153 Å². The molecule has 134 valence electrons. The molecule has 1 aromatic heterocycles. The number of hydrogen-bond donors (Lipinski definition) is 2. The minimum absolute atomic E-state index is 0.216. The molecule has 3 aromatic rings. The number of para-hydroxylation sites is 1. The molecule has 0 radical (unpaired) electrons. The fraction of sp³-hybridized carbons (Fsp3) is 0.238. The number of hydrogen-bond acceptors (Lipinski definition) is 3.